The van der Waals surface area contributed by atoms with Crippen molar-refractivity contribution in [2.45, 2.75) is 27.7 Å². The van der Waals surface area contributed by atoms with Crippen molar-refractivity contribution in [2.75, 3.05) is 27.2 Å². The molecule has 106 valence electrons. The second-order valence-corrected chi connectivity index (χ2v) is 5.38. The molecule has 0 bridgehead atoms. The molecule has 3 N–H and O–H groups in total. The number of nitrogens with zero attached hydrogens (tertiary/aromatic N) is 1. The minimum Gasteiger partial charge on any atom is -0.461 e. The maximum atomic E-state index is 10.8. The topological polar surface area (TPSA) is 79.4 Å². The molecule has 18 heavy (non-hydrogen) atoms. The van der Waals surface area contributed by atoms with Gasteiger partial charge >= 0.3 is 5.97 Å². The van der Waals surface area contributed by atoms with Crippen molar-refractivity contribution < 1.29 is 9.53 Å². The molecule has 0 fully saturated rings. The predicted octanol–water partition coefficient (Wildman–Crippen LogP) is 1.64. The van der Waals surface area contributed by atoms with Gasteiger partial charge in [-0.05, 0) is 21.0 Å². The van der Waals surface area contributed by atoms with Crippen LogP contribution < -0.4 is 5.73 Å². The van der Waals surface area contributed by atoms with Crippen molar-refractivity contribution in [3.05, 3.63) is 12.2 Å². The lowest BCUT2D eigenvalue weighted by molar-refractivity contribution is -0.139. The number of hydrogen-bond donors (Lipinski definition) is 2. The minimum atomic E-state index is -0.313. The van der Waals surface area contributed by atoms with E-state index in [2.05, 4.69) is 6.58 Å². The first kappa shape index (κ1) is 19.0. The standard InChI is InChI=1S/C8H15NO2.C5H12N2/c1-7(2)8(10)11-6-5-9(3)4;1-5(2,3)4(6)7/h1,5-6H2,2-4H3;1-3H3,(H3,6,7). The number of rotatable bonds is 4. The van der Waals surface area contributed by atoms with Crippen molar-refractivity contribution in [1.82, 2.24) is 4.90 Å². The quantitative estimate of drug-likeness (QED) is 0.347. The van der Waals surface area contributed by atoms with Crippen LogP contribution in [-0.4, -0.2) is 44.0 Å². The molecule has 0 unspecified atom stereocenters. The number of carbonyl (C=O) groups is 1. The van der Waals surface area contributed by atoms with Crippen LogP contribution in [0.25, 0.3) is 0 Å². The van der Waals surface area contributed by atoms with Crippen LogP contribution >= 0.6 is 0 Å². The van der Waals surface area contributed by atoms with Crippen molar-refractivity contribution in [1.29, 1.82) is 5.41 Å². The molecule has 0 aliphatic rings. The molecule has 0 spiro atoms. The van der Waals surface area contributed by atoms with Crippen LogP contribution in [0.15, 0.2) is 12.2 Å². The van der Waals surface area contributed by atoms with E-state index in [0.29, 0.717) is 12.2 Å². The normalized spacial score (nSPS) is 10.4. The Balaban J connectivity index is 0. The van der Waals surface area contributed by atoms with Crippen LogP contribution in [0.1, 0.15) is 27.7 Å². The molecule has 0 aromatic rings. The molecular weight excluding hydrogens is 230 g/mol. The molecule has 0 amide bonds. The monoisotopic (exact) mass is 257 g/mol. The Morgan fingerprint density at radius 3 is 2.00 bits per heavy atom. The third-order valence-corrected chi connectivity index (χ3v) is 1.93. The maximum absolute atomic E-state index is 10.8. The molecule has 0 aliphatic heterocycles. The molecule has 0 rings (SSSR count). The summed E-state index contributed by atoms with van der Waals surface area (Å²) in [6.07, 6.45) is 0. The zero-order valence-electron chi connectivity index (χ0n) is 12.5. The second-order valence-electron chi connectivity index (χ2n) is 5.38. The van der Waals surface area contributed by atoms with E-state index in [9.17, 15) is 4.79 Å². The number of nitrogens with two attached hydrogens (primary N) is 1. The van der Waals surface area contributed by atoms with Crippen LogP contribution in [0.5, 0.6) is 0 Å². The molecule has 0 aliphatic carbocycles. The molecule has 5 heteroatoms. The molecule has 0 radical (unpaired) electrons. The maximum Gasteiger partial charge on any atom is 0.333 e. The highest BCUT2D eigenvalue weighted by Gasteiger charge is 2.12. The number of ether oxygens (including phenoxy) is 1. The van der Waals surface area contributed by atoms with Gasteiger partial charge in [0.25, 0.3) is 0 Å². The summed E-state index contributed by atoms with van der Waals surface area (Å²) < 4.78 is 4.83. The fraction of sp³-hybridized carbons (Fsp3) is 0.692. The number of nitrogens with one attached hydrogen (secondary N) is 1. The molecule has 0 atom stereocenters. The summed E-state index contributed by atoms with van der Waals surface area (Å²) in [6, 6.07) is 0. The minimum absolute atomic E-state index is 0.139. The summed E-state index contributed by atoms with van der Waals surface area (Å²) in [5.74, 6) is -0.0700. The molecule has 0 aromatic carbocycles. The van der Waals surface area contributed by atoms with E-state index in [0.717, 1.165) is 6.54 Å². The highest BCUT2D eigenvalue weighted by Crippen LogP contribution is 2.10. The van der Waals surface area contributed by atoms with Gasteiger partial charge in [0.1, 0.15) is 6.61 Å². The van der Waals surface area contributed by atoms with Gasteiger partial charge in [-0.15, -0.1) is 0 Å². The fourth-order valence-corrected chi connectivity index (χ4v) is 0.444. The lowest BCUT2D eigenvalue weighted by atomic mass is 9.96. The Hall–Kier alpha value is -1.36. The van der Waals surface area contributed by atoms with Gasteiger partial charge in [-0.2, -0.15) is 0 Å². The van der Waals surface area contributed by atoms with Crippen molar-refractivity contribution >= 4 is 11.8 Å². The lowest BCUT2D eigenvalue weighted by Gasteiger charge is -2.14. The Kier molecular flexibility index (Phi) is 9.17. The third-order valence-electron chi connectivity index (χ3n) is 1.93. The summed E-state index contributed by atoms with van der Waals surface area (Å²) in [5.41, 5.74) is 5.46. The van der Waals surface area contributed by atoms with Crippen LogP contribution in [0, 0.1) is 10.8 Å². The van der Waals surface area contributed by atoms with Gasteiger partial charge in [-0.3, -0.25) is 5.41 Å². The van der Waals surface area contributed by atoms with Crippen molar-refractivity contribution in [3.8, 4) is 0 Å². The Morgan fingerprint density at radius 2 is 1.78 bits per heavy atom. The molecular formula is C13H27N3O2. The van der Waals surface area contributed by atoms with E-state index in [-0.39, 0.29) is 17.2 Å². The predicted molar refractivity (Wildman–Crippen MR) is 75.7 cm³/mol. The zero-order valence-corrected chi connectivity index (χ0v) is 12.5. The van der Waals surface area contributed by atoms with E-state index in [1.54, 1.807) is 6.92 Å². The van der Waals surface area contributed by atoms with Gasteiger partial charge in [-0.25, -0.2) is 4.79 Å². The van der Waals surface area contributed by atoms with Gasteiger partial charge < -0.3 is 15.4 Å². The second kappa shape index (κ2) is 8.69. The molecule has 0 saturated carbocycles. The van der Waals surface area contributed by atoms with Gasteiger partial charge in [0, 0.05) is 17.5 Å². The third kappa shape index (κ3) is 12.7. The average molecular weight is 257 g/mol. The summed E-state index contributed by atoms with van der Waals surface area (Å²) in [6.45, 7) is 12.0. The van der Waals surface area contributed by atoms with Crippen LogP contribution in [-0.2, 0) is 9.53 Å². The van der Waals surface area contributed by atoms with Crippen LogP contribution in [0.3, 0.4) is 0 Å². The Bertz CT molecular complexity index is 291. The number of esters is 1. The Morgan fingerprint density at radius 1 is 1.39 bits per heavy atom. The highest BCUT2D eigenvalue weighted by molar-refractivity contribution is 5.86. The van der Waals surface area contributed by atoms with Crippen molar-refractivity contribution in [2.24, 2.45) is 11.1 Å². The van der Waals surface area contributed by atoms with E-state index in [1.165, 1.54) is 0 Å². The zero-order chi connectivity index (χ0) is 14.9. The highest BCUT2D eigenvalue weighted by atomic mass is 16.5. The van der Waals surface area contributed by atoms with Gasteiger partial charge in [0.15, 0.2) is 0 Å². The molecule has 5 nitrogen and oxygen atoms in total. The van der Waals surface area contributed by atoms with Gasteiger partial charge in [-0.1, -0.05) is 27.4 Å². The molecule has 0 saturated heterocycles. The largest absolute Gasteiger partial charge is 0.461 e. The van der Waals surface area contributed by atoms with Crippen LogP contribution in [0.2, 0.25) is 0 Å². The van der Waals surface area contributed by atoms with E-state index < -0.39 is 0 Å². The van der Waals surface area contributed by atoms with Crippen molar-refractivity contribution in [3.63, 3.8) is 0 Å². The number of amidine groups is 1. The smallest absolute Gasteiger partial charge is 0.333 e. The number of hydrogen-bond acceptors (Lipinski definition) is 4. The van der Waals surface area contributed by atoms with Crippen LogP contribution in [0.4, 0.5) is 0 Å². The summed E-state index contributed by atoms with van der Waals surface area (Å²) >= 11 is 0. The summed E-state index contributed by atoms with van der Waals surface area (Å²) in [7, 11) is 3.85. The molecule has 0 heterocycles. The average Bonchev–Trinajstić information content (AvgIpc) is 2.16. The first-order valence-corrected chi connectivity index (χ1v) is 5.80. The number of likely N-dealkylation sites (N-methyl/N-ethyl adjacent to an activating group) is 1. The fourth-order valence-electron chi connectivity index (χ4n) is 0.444. The summed E-state index contributed by atoms with van der Waals surface area (Å²) in [4.78, 5) is 12.7. The van der Waals surface area contributed by atoms with E-state index in [1.807, 2.05) is 39.8 Å². The molecule has 0 aromatic heterocycles. The first-order valence-electron chi connectivity index (χ1n) is 5.80. The van der Waals surface area contributed by atoms with E-state index >= 15 is 0 Å². The van der Waals surface area contributed by atoms with E-state index in [4.69, 9.17) is 15.9 Å². The van der Waals surface area contributed by atoms with Gasteiger partial charge in [0.2, 0.25) is 0 Å². The SMILES string of the molecule is C=C(C)C(=O)OCCN(C)C.CC(C)(C)C(=N)N. The lowest BCUT2D eigenvalue weighted by Crippen LogP contribution is -2.27. The first-order chi connectivity index (χ1) is 7.98. The number of carbonyl (C=O) groups excluding carboxylic acids is 1. The Labute approximate surface area is 110 Å². The summed E-state index contributed by atoms with van der Waals surface area (Å²) in [5, 5.41) is 6.92. The van der Waals surface area contributed by atoms with Gasteiger partial charge in [0.05, 0.1) is 5.84 Å².